The summed E-state index contributed by atoms with van der Waals surface area (Å²) in [4.78, 5) is 24.9. The molecular weight excluding hydrogens is 697 g/mol. The van der Waals surface area contributed by atoms with Crippen LogP contribution in [0.2, 0.25) is 5.02 Å². The fraction of sp³-hybridized carbons (Fsp3) is 0.414. The first-order valence-corrected chi connectivity index (χ1v) is 18.4. The number of hydroxylamine groups is 1. The van der Waals surface area contributed by atoms with E-state index in [1.54, 1.807) is 7.11 Å². The van der Waals surface area contributed by atoms with Gasteiger partial charge in [-0.3, -0.25) is 4.79 Å². The number of rotatable bonds is 15. The van der Waals surface area contributed by atoms with E-state index in [-0.39, 0.29) is 59.2 Å². The second-order valence-corrected chi connectivity index (χ2v) is 14.1. The fourth-order valence-corrected chi connectivity index (χ4v) is 5.79. The molecule has 0 spiro atoms. The molecule has 19 heteroatoms. The number of carbonyl (C=O) groups excluding carboxylic acids is 1. The molecule has 1 aliphatic rings. The van der Waals surface area contributed by atoms with E-state index < -0.39 is 37.7 Å². The molecule has 3 aromatic rings. The molecule has 4 rings (SSSR count). The standard InChI is InChI=1S/C29H35ClFN5O10S2/c1-42-12-11-35-9-7-19(8-10-35)27(45-47(3,38)39)29(37)36(46-48(4,40)41)25-16-21-24(17-26(25)44-14-13-43-2)32-18-33-28(21)34-20-5-6-23(31)22(30)15-20/h5-6,15-18H,7-14H2,1-4H3,(H,32,33,34). The molecule has 48 heavy (non-hydrogen) atoms. The van der Waals surface area contributed by atoms with E-state index in [2.05, 4.69) is 20.2 Å². The van der Waals surface area contributed by atoms with Crippen molar-refractivity contribution in [2.24, 2.45) is 0 Å². The number of ether oxygens (including phenoxy) is 3. The van der Waals surface area contributed by atoms with Crippen molar-refractivity contribution in [1.82, 2.24) is 14.9 Å². The van der Waals surface area contributed by atoms with Gasteiger partial charge in [-0.15, -0.1) is 4.28 Å². The molecule has 2 aromatic carbocycles. The van der Waals surface area contributed by atoms with Crippen LogP contribution in [-0.2, 0) is 43.0 Å². The number of amides is 1. The highest BCUT2D eigenvalue weighted by Gasteiger charge is 2.34. The molecule has 2 heterocycles. The lowest BCUT2D eigenvalue weighted by Crippen LogP contribution is -2.38. The van der Waals surface area contributed by atoms with Crippen LogP contribution in [0.3, 0.4) is 0 Å². The summed E-state index contributed by atoms with van der Waals surface area (Å²) in [7, 11) is -5.68. The summed E-state index contributed by atoms with van der Waals surface area (Å²) in [6, 6.07) is 6.64. The molecule has 1 saturated heterocycles. The second-order valence-electron chi connectivity index (χ2n) is 10.6. The predicted octanol–water partition coefficient (Wildman–Crippen LogP) is 3.39. The number of halogens is 2. The lowest BCUT2D eigenvalue weighted by molar-refractivity contribution is -0.121. The van der Waals surface area contributed by atoms with Crippen molar-refractivity contribution in [2.75, 3.05) is 76.6 Å². The zero-order valence-corrected chi connectivity index (χ0v) is 29.0. The number of nitrogens with one attached hydrogen (secondary N) is 1. The van der Waals surface area contributed by atoms with Crippen LogP contribution in [-0.4, -0.2) is 104 Å². The maximum absolute atomic E-state index is 14.3. The SMILES string of the molecule is COCCOc1cc2ncnc(Nc3ccc(F)c(Cl)c3)c2cc1N(OS(C)(=O)=O)C(=O)C(OS(C)(=O)=O)=C1CCN(CCOC)CC1. The second kappa shape index (κ2) is 16.2. The molecule has 1 aliphatic heterocycles. The highest BCUT2D eigenvalue weighted by Crippen LogP contribution is 2.38. The van der Waals surface area contributed by atoms with Gasteiger partial charge in [0.1, 0.15) is 36.0 Å². The predicted molar refractivity (Wildman–Crippen MR) is 176 cm³/mol. The van der Waals surface area contributed by atoms with Crippen LogP contribution in [0, 0.1) is 5.82 Å². The van der Waals surface area contributed by atoms with Gasteiger partial charge in [0, 0.05) is 51.0 Å². The Morgan fingerprint density at radius 3 is 2.33 bits per heavy atom. The molecule has 15 nitrogen and oxygen atoms in total. The van der Waals surface area contributed by atoms with Gasteiger partial charge in [-0.1, -0.05) is 11.6 Å². The van der Waals surface area contributed by atoms with Crippen LogP contribution < -0.4 is 15.1 Å². The van der Waals surface area contributed by atoms with Crippen LogP contribution in [0.4, 0.5) is 21.6 Å². The van der Waals surface area contributed by atoms with Crippen LogP contribution in [0.1, 0.15) is 12.8 Å². The van der Waals surface area contributed by atoms with Crippen molar-refractivity contribution in [1.29, 1.82) is 0 Å². The van der Waals surface area contributed by atoms with Crippen molar-refractivity contribution in [3.63, 3.8) is 0 Å². The van der Waals surface area contributed by atoms with Crippen molar-refractivity contribution in [2.45, 2.75) is 12.8 Å². The molecule has 1 amide bonds. The Hall–Kier alpha value is -3.65. The largest absolute Gasteiger partial charge is 0.489 e. The number of methoxy groups -OCH3 is 2. The van der Waals surface area contributed by atoms with E-state index >= 15 is 0 Å². The number of benzene rings is 2. The number of fused-ring (bicyclic) bond motifs is 1. The number of piperidine rings is 1. The molecule has 0 radical (unpaired) electrons. The first-order valence-electron chi connectivity index (χ1n) is 14.4. The lowest BCUT2D eigenvalue weighted by atomic mass is 10.0. The van der Waals surface area contributed by atoms with Gasteiger partial charge >= 0.3 is 16.0 Å². The average Bonchev–Trinajstić information content (AvgIpc) is 3.02. The van der Waals surface area contributed by atoms with E-state index in [1.807, 2.05) is 0 Å². The van der Waals surface area contributed by atoms with Crippen LogP contribution >= 0.6 is 11.6 Å². The topological polar surface area (TPSA) is 176 Å². The van der Waals surface area contributed by atoms with Crippen LogP contribution in [0.25, 0.3) is 10.9 Å². The third kappa shape index (κ3) is 10.2. The summed E-state index contributed by atoms with van der Waals surface area (Å²) >= 11 is 5.95. The van der Waals surface area contributed by atoms with Gasteiger partial charge < -0.3 is 28.6 Å². The van der Waals surface area contributed by atoms with Gasteiger partial charge in [-0.25, -0.2) is 14.4 Å². The summed E-state index contributed by atoms with van der Waals surface area (Å²) < 4.78 is 90.4. The third-order valence-electron chi connectivity index (χ3n) is 6.88. The summed E-state index contributed by atoms with van der Waals surface area (Å²) in [6.07, 6.45) is 3.20. The van der Waals surface area contributed by atoms with E-state index in [0.29, 0.717) is 48.8 Å². The Balaban J connectivity index is 1.88. The maximum Gasteiger partial charge on any atom is 0.320 e. The normalized spacial score (nSPS) is 14.2. The molecule has 0 aliphatic carbocycles. The Morgan fingerprint density at radius 1 is 1.00 bits per heavy atom. The molecule has 0 unspecified atom stereocenters. The Bertz CT molecular complexity index is 1890. The number of likely N-dealkylation sites (tertiary alicyclic amines) is 1. The van der Waals surface area contributed by atoms with Crippen molar-refractivity contribution in [3.05, 3.63) is 58.8 Å². The number of anilines is 3. The smallest absolute Gasteiger partial charge is 0.320 e. The molecule has 0 saturated carbocycles. The molecular formula is C29H35ClFN5O10S2. The van der Waals surface area contributed by atoms with Gasteiger partial charge in [0.2, 0.25) is 5.76 Å². The Labute approximate surface area is 282 Å². The molecule has 0 bridgehead atoms. The minimum atomic E-state index is -4.43. The number of carbonyl (C=O) groups is 1. The number of aromatic nitrogens is 2. The van der Waals surface area contributed by atoms with Crippen LogP contribution in [0.5, 0.6) is 5.75 Å². The van der Waals surface area contributed by atoms with E-state index in [4.69, 9.17) is 34.3 Å². The Morgan fingerprint density at radius 2 is 1.71 bits per heavy atom. The fourth-order valence-electron chi connectivity index (χ4n) is 4.69. The molecule has 262 valence electrons. The van der Waals surface area contributed by atoms with Crippen molar-refractivity contribution in [3.8, 4) is 5.75 Å². The number of hydrogen-bond donors (Lipinski definition) is 1. The molecule has 1 fully saturated rings. The lowest BCUT2D eigenvalue weighted by Gasteiger charge is -2.30. The minimum absolute atomic E-state index is 0.0364. The van der Waals surface area contributed by atoms with Gasteiger partial charge in [0.15, 0.2) is 0 Å². The zero-order chi connectivity index (χ0) is 35.1. The van der Waals surface area contributed by atoms with Gasteiger partial charge in [-0.2, -0.15) is 21.9 Å². The highest BCUT2D eigenvalue weighted by molar-refractivity contribution is 7.86. The van der Waals surface area contributed by atoms with Crippen LogP contribution in [0.15, 0.2) is 48.0 Å². The van der Waals surface area contributed by atoms with Gasteiger partial charge in [0.25, 0.3) is 10.1 Å². The summed E-state index contributed by atoms with van der Waals surface area (Å²) in [6.45, 7) is 2.08. The first-order chi connectivity index (χ1) is 22.7. The zero-order valence-electron chi connectivity index (χ0n) is 26.6. The van der Waals surface area contributed by atoms with Crippen molar-refractivity contribution < 1.29 is 48.7 Å². The Kier molecular flexibility index (Phi) is 12.5. The summed E-state index contributed by atoms with van der Waals surface area (Å²) in [5.74, 6) is -2.38. The number of hydrogen-bond acceptors (Lipinski definition) is 14. The molecule has 1 aromatic heterocycles. The first kappa shape index (κ1) is 37.2. The number of nitrogens with zero attached hydrogens (tertiary/aromatic N) is 4. The third-order valence-corrected chi connectivity index (χ3v) is 8.06. The molecule has 0 atom stereocenters. The monoisotopic (exact) mass is 731 g/mol. The molecule has 1 N–H and O–H groups in total. The maximum atomic E-state index is 14.3. The highest BCUT2D eigenvalue weighted by atomic mass is 35.5. The van der Waals surface area contributed by atoms with E-state index in [9.17, 15) is 26.0 Å². The van der Waals surface area contributed by atoms with E-state index in [1.165, 1.54) is 37.7 Å². The van der Waals surface area contributed by atoms with E-state index in [0.717, 1.165) is 12.3 Å². The van der Waals surface area contributed by atoms with Gasteiger partial charge in [0.05, 0.1) is 36.3 Å². The van der Waals surface area contributed by atoms with Crippen molar-refractivity contribution >= 4 is 65.8 Å². The average molecular weight is 732 g/mol. The quantitative estimate of drug-likeness (QED) is 0.0791. The van der Waals surface area contributed by atoms with Gasteiger partial charge in [-0.05, 0) is 42.7 Å². The summed E-state index contributed by atoms with van der Waals surface area (Å²) in [5, 5.41) is 3.49. The minimum Gasteiger partial charge on any atom is -0.489 e. The summed E-state index contributed by atoms with van der Waals surface area (Å²) in [5.41, 5.74) is 0.728.